The van der Waals surface area contributed by atoms with Crippen molar-refractivity contribution < 1.29 is 14.4 Å². The minimum Gasteiger partial charge on any atom is -0.469 e. The molecule has 0 aromatic rings. The molecule has 0 aliphatic rings. The molecule has 5 heteroatoms. The normalized spacial score (nSPS) is 9.08. The fraction of sp³-hybridized carbons (Fsp3) is 0.875. The molecule has 0 rings (SSSR count). The molecule has 0 aliphatic carbocycles. The van der Waals surface area contributed by atoms with Crippen LogP contribution in [0.4, 0.5) is 0 Å². The molecule has 0 aromatic heterocycles. The Morgan fingerprint density at radius 3 is 2.69 bits per heavy atom. The number of hydroxylamine groups is 1. The average molecular weight is 212 g/mol. The summed E-state index contributed by atoms with van der Waals surface area (Å²) in [5.41, 5.74) is 2.77. The van der Waals surface area contributed by atoms with Gasteiger partial charge in [0.15, 0.2) is 0 Å². The molecule has 0 heterocycles. The molecule has 0 amide bonds. The van der Waals surface area contributed by atoms with Gasteiger partial charge in [-0.2, -0.15) is 0 Å². The van der Waals surface area contributed by atoms with E-state index in [2.05, 4.69) is 17.1 Å². The molecule has 0 fully saturated rings. The second-order valence-corrected chi connectivity index (χ2v) is 2.42. The Kier molecular flexibility index (Phi) is 13.6. The number of carbonyl (C=O) groups excluding carboxylic acids is 1. The molecule has 0 saturated carbocycles. The first-order chi connectivity index (χ1) is 5.81. The number of nitrogens with one attached hydrogen (secondary N) is 1. The molecule has 0 spiro atoms. The highest BCUT2D eigenvalue weighted by atomic mass is 35.5. The molecule has 1 N–H and O–H groups in total. The number of carbonyl (C=O) groups is 1. The predicted octanol–water partition coefficient (Wildman–Crippen LogP) is 1.29. The van der Waals surface area contributed by atoms with Crippen LogP contribution < -0.4 is 5.48 Å². The van der Waals surface area contributed by atoms with Crippen molar-refractivity contribution >= 4 is 18.4 Å². The maximum atomic E-state index is 10.6. The molecule has 4 nitrogen and oxygen atoms in total. The molecule has 0 atom stereocenters. The van der Waals surface area contributed by atoms with Gasteiger partial charge in [0, 0.05) is 13.0 Å². The second-order valence-electron chi connectivity index (χ2n) is 2.42. The lowest BCUT2D eigenvalue weighted by Crippen LogP contribution is -2.16. The highest BCUT2D eigenvalue weighted by Crippen LogP contribution is 1.90. The Labute approximate surface area is 85.3 Å². The van der Waals surface area contributed by atoms with Crippen LogP contribution in [-0.2, 0) is 14.4 Å². The summed E-state index contributed by atoms with van der Waals surface area (Å²) >= 11 is 0. The van der Waals surface area contributed by atoms with Crippen molar-refractivity contribution in [3.8, 4) is 0 Å². The number of esters is 1. The number of hydrogen-bond acceptors (Lipinski definition) is 4. The van der Waals surface area contributed by atoms with Crippen LogP contribution in [0.2, 0.25) is 0 Å². The highest BCUT2D eigenvalue weighted by Gasteiger charge is 1.98. The summed E-state index contributed by atoms with van der Waals surface area (Å²) < 4.78 is 4.46. The smallest absolute Gasteiger partial charge is 0.305 e. The Bertz CT molecular complexity index is 122. The molecule has 0 aliphatic heterocycles. The van der Waals surface area contributed by atoms with E-state index in [4.69, 9.17) is 4.84 Å². The van der Waals surface area contributed by atoms with E-state index in [9.17, 15) is 4.79 Å². The monoisotopic (exact) mass is 211 g/mol. The summed E-state index contributed by atoms with van der Waals surface area (Å²) in [6.07, 6.45) is 2.16. The fourth-order valence-electron chi connectivity index (χ4n) is 0.637. The molecule has 0 bridgehead atoms. The standard InChI is InChI=1S/C8H17NO3.ClH/c1-3-6-9-12-7-4-5-8(10)11-2;/h9H,3-7H2,1-2H3;1H. The van der Waals surface area contributed by atoms with Gasteiger partial charge in [0.2, 0.25) is 0 Å². The third kappa shape index (κ3) is 11.7. The van der Waals surface area contributed by atoms with Crippen molar-refractivity contribution in [3.63, 3.8) is 0 Å². The van der Waals surface area contributed by atoms with Crippen LogP contribution in [0.3, 0.4) is 0 Å². The quantitative estimate of drug-likeness (QED) is 0.392. The summed E-state index contributed by atoms with van der Waals surface area (Å²) in [4.78, 5) is 15.6. The second kappa shape index (κ2) is 11.7. The van der Waals surface area contributed by atoms with Crippen LogP contribution in [0, 0.1) is 0 Å². The highest BCUT2D eigenvalue weighted by molar-refractivity contribution is 5.85. The van der Waals surface area contributed by atoms with E-state index in [1.54, 1.807) is 0 Å². The molecule has 0 radical (unpaired) electrons. The number of halogens is 1. The Hall–Kier alpha value is -0.320. The lowest BCUT2D eigenvalue weighted by Gasteiger charge is -2.02. The van der Waals surface area contributed by atoms with Crippen molar-refractivity contribution in [2.45, 2.75) is 26.2 Å². The topological polar surface area (TPSA) is 47.6 Å². The van der Waals surface area contributed by atoms with Crippen molar-refractivity contribution in [2.24, 2.45) is 0 Å². The first-order valence-corrected chi connectivity index (χ1v) is 4.22. The molecule has 0 aromatic carbocycles. The third-order valence-electron chi connectivity index (χ3n) is 1.31. The number of ether oxygens (including phenoxy) is 1. The van der Waals surface area contributed by atoms with Gasteiger partial charge in [-0.3, -0.25) is 4.79 Å². The van der Waals surface area contributed by atoms with E-state index in [-0.39, 0.29) is 18.4 Å². The van der Waals surface area contributed by atoms with E-state index in [0.29, 0.717) is 19.4 Å². The zero-order valence-electron chi connectivity index (χ0n) is 8.17. The molecule has 0 saturated heterocycles. The van der Waals surface area contributed by atoms with Crippen LogP contribution >= 0.6 is 12.4 Å². The van der Waals surface area contributed by atoms with Gasteiger partial charge in [0.25, 0.3) is 0 Å². The zero-order valence-corrected chi connectivity index (χ0v) is 8.99. The summed E-state index contributed by atoms with van der Waals surface area (Å²) in [5.74, 6) is -0.186. The Morgan fingerprint density at radius 1 is 1.46 bits per heavy atom. The molecule has 13 heavy (non-hydrogen) atoms. The van der Waals surface area contributed by atoms with Crippen molar-refractivity contribution in [3.05, 3.63) is 0 Å². The maximum absolute atomic E-state index is 10.6. The van der Waals surface area contributed by atoms with Crippen LogP contribution in [-0.4, -0.2) is 26.2 Å². The average Bonchev–Trinajstić information content (AvgIpc) is 2.10. The first-order valence-electron chi connectivity index (χ1n) is 4.22. The Balaban J connectivity index is 0. The van der Waals surface area contributed by atoms with Crippen LogP contribution in [0.1, 0.15) is 26.2 Å². The van der Waals surface area contributed by atoms with E-state index >= 15 is 0 Å². The fourth-order valence-corrected chi connectivity index (χ4v) is 0.637. The van der Waals surface area contributed by atoms with Crippen molar-refractivity contribution in [2.75, 3.05) is 20.3 Å². The van der Waals surface area contributed by atoms with Gasteiger partial charge in [-0.05, 0) is 12.8 Å². The zero-order chi connectivity index (χ0) is 9.23. The van der Waals surface area contributed by atoms with Gasteiger partial charge in [-0.25, -0.2) is 5.48 Å². The van der Waals surface area contributed by atoms with Gasteiger partial charge in [0.1, 0.15) is 0 Å². The summed E-state index contributed by atoms with van der Waals surface area (Å²) in [6.45, 7) is 3.46. The van der Waals surface area contributed by atoms with Gasteiger partial charge >= 0.3 is 5.97 Å². The van der Waals surface area contributed by atoms with Crippen molar-refractivity contribution in [1.29, 1.82) is 0 Å². The largest absolute Gasteiger partial charge is 0.469 e. The molecular weight excluding hydrogens is 194 g/mol. The number of methoxy groups -OCH3 is 1. The van der Waals surface area contributed by atoms with Gasteiger partial charge in [0.05, 0.1) is 13.7 Å². The number of hydrogen-bond donors (Lipinski definition) is 1. The summed E-state index contributed by atoms with van der Waals surface area (Å²) in [7, 11) is 1.39. The molecular formula is C8H18ClNO3. The predicted molar refractivity (Wildman–Crippen MR) is 52.7 cm³/mol. The van der Waals surface area contributed by atoms with Crippen LogP contribution in [0.15, 0.2) is 0 Å². The molecule has 0 unspecified atom stereocenters. The van der Waals surface area contributed by atoms with Crippen LogP contribution in [0.25, 0.3) is 0 Å². The maximum Gasteiger partial charge on any atom is 0.305 e. The van der Waals surface area contributed by atoms with Crippen molar-refractivity contribution in [1.82, 2.24) is 5.48 Å². The van der Waals surface area contributed by atoms with Crippen LogP contribution in [0.5, 0.6) is 0 Å². The van der Waals surface area contributed by atoms with Gasteiger partial charge < -0.3 is 9.57 Å². The Morgan fingerprint density at radius 2 is 2.15 bits per heavy atom. The van der Waals surface area contributed by atoms with E-state index in [0.717, 1.165) is 13.0 Å². The van der Waals surface area contributed by atoms with E-state index in [1.165, 1.54) is 7.11 Å². The van der Waals surface area contributed by atoms with E-state index < -0.39 is 0 Å². The van der Waals surface area contributed by atoms with Gasteiger partial charge in [-0.1, -0.05) is 6.92 Å². The summed E-state index contributed by atoms with van der Waals surface area (Å²) in [5, 5.41) is 0. The first kappa shape index (κ1) is 15.2. The molecule has 80 valence electrons. The number of rotatable bonds is 7. The summed E-state index contributed by atoms with van der Waals surface area (Å²) in [6, 6.07) is 0. The van der Waals surface area contributed by atoms with E-state index in [1.807, 2.05) is 0 Å². The third-order valence-corrected chi connectivity index (χ3v) is 1.31. The van der Waals surface area contributed by atoms with Gasteiger partial charge in [-0.15, -0.1) is 12.4 Å². The SMILES string of the molecule is CCCNOCCCC(=O)OC.Cl. The lowest BCUT2D eigenvalue weighted by molar-refractivity contribution is -0.141. The lowest BCUT2D eigenvalue weighted by atomic mass is 10.3. The minimum absolute atomic E-state index is 0. The minimum atomic E-state index is -0.186.